The van der Waals surface area contributed by atoms with E-state index < -0.39 is 18.0 Å². The first-order valence-electron chi connectivity index (χ1n) is 4.87. The molecule has 0 saturated carbocycles. The molecule has 0 bridgehead atoms. The second kappa shape index (κ2) is 5.09. The zero-order chi connectivity index (χ0) is 11.4. The molecule has 84 valence electrons. The number of aliphatic hydroxyl groups is 1. The monoisotopic (exact) mass is 213 g/mol. The second-order valence-electron chi connectivity index (χ2n) is 3.53. The van der Waals surface area contributed by atoms with Gasteiger partial charge in [0.25, 0.3) is 0 Å². The number of benzene rings is 1. The summed E-state index contributed by atoms with van der Waals surface area (Å²) in [6.45, 7) is 3.57. The molecular formula is C11H16FNO2. The minimum absolute atomic E-state index is 0.139. The molecule has 0 fully saturated rings. The summed E-state index contributed by atoms with van der Waals surface area (Å²) in [6.07, 6.45) is -1.08. The molecule has 0 aliphatic heterocycles. The molecule has 0 spiro atoms. The van der Waals surface area contributed by atoms with Crippen LogP contribution in [0.1, 0.15) is 19.4 Å². The molecule has 2 unspecified atom stereocenters. The van der Waals surface area contributed by atoms with Crippen molar-refractivity contribution in [3.05, 3.63) is 29.6 Å². The first kappa shape index (κ1) is 11.9. The van der Waals surface area contributed by atoms with Crippen molar-refractivity contribution in [3.63, 3.8) is 0 Å². The van der Waals surface area contributed by atoms with Crippen LogP contribution in [0.5, 0.6) is 5.75 Å². The summed E-state index contributed by atoms with van der Waals surface area (Å²) in [4.78, 5) is 0. The van der Waals surface area contributed by atoms with Gasteiger partial charge >= 0.3 is 0 Å². The molecule has 0 amide bonds. The van der Waals surface area contributed by atoms with E-state index in [0.29, 0.717) is 12.1 Å². The average molecular weight is 213 g/mol. The Morgan fingerprint density at radius 3 is 2.60 bits per heavy atom. The van der Waals surface area contributed by atoms with Gasteiger partial charge in [0.2, 0.25) is 0 Å². The van der Waals surface area contributed by atoms with Crippen molar-refractivity contribution in [2.75, 3.05) is 0 Å². The number of rotatable bonds is 4. The Morgan fingerprint density at radius 1 is 1.47 bits per heavy atom. The SMILES string of the molecule is CC(O)C(C)Oc1ccc(CN)cc1F. The summed E-state index contributed by atoms with van der Waals surface area (Å²) in [7, 11) is 0. The minimum Gasteiger partial charge on any atom is -0.485 e. The van der Waals surface area contributed by atoms with E-state index >= 15 is 0 Å². The number of halogens is 1. The lowest BCUT2D eigenvalue weighted by Crippen LogP contribution is -2.25. The van der Waals surface area contributed by atoms with Crippen LogP contribution >= 0.6 is 0 Å². The maximum atomic E-state index is 13.4. The second-order valence-corrected chi connectivity index (χ2v) is 3.53. The average Bonchev–Trinajstić information content (AvgIpc) is 2.20. The van der Waals surface area contributed by atoms with Crippen molar-refractivity contribution in [1.29, 1.82) is 0 Å². The van der Waals surface area contributed by atoms with Gasteiger partial charge in [-0.25, -0.2) is 4.39 Å². The van der Waals surface area contributed by atoms with Crippen LogP contribution in [-0.2, 0) is 6.54 Å². The Balaban J connectivity index is 2.78. The van der Waals surface area contributed by atoms with Crippen LogP contribution in [-0.4, -0.2) is 17.3 Å². The van der Waals surface area contributed by atoms with Crippen LogP contribution in [0.4, 0.5) is 4.39 Å². The highest BCUT2D eigenvalue weighted by Gasteiger charge is 2.13. The van der Waals surface area contributed by atoms with Crippen LogP contribution in [0.3, 0.4) is 0 Å². The van der Waals surface area contributed by atoms with Crippen molar-refractivity contribution >= 4 is 0 Å². The van der Waals surface area contributed by atoms with E-state index in [1.165, 1.54) is 12.1 Å². The molecule has 1 rings (SSSR count). The van der Waals surface area contributed by atoms with Gasteiger partial charge in [-0.1, -0.05) is 6.07 Å². The summed E-state index contributed by atoms with van der Waals surface area (Å²) >= 11 is 0. The lowest BCUT2D eigenvalue weighted by Gasteiger charge is -2.17. The van der Waals surface area contributed by atoms with Gasteiger partial charge < -0.3 is 15.6 Å². The maximum Gasteiger partial charge on any atom is 0.165 e. The Hall–Kier alpha value is -1.13. The predicted molar refractivity (Wildman–Crippen MR) is 56.1 cm³/mol. The summed E-state index contributed by atoms with van der Waals surface area (Å²) in [6, 6.07) is 4.56. The lowest BCUT2D eigenvalue weighted by atomic mass is 10.2. The molecule has 3 nitrogen and oxygen atoms in total. The van der Waals surface area contributed by atoms with E-state index in [4.69, 9.17) is 10.5 Å². The molecule has 4 heteroatoms. The van der Waals surface area contributed by atoms with E-state index in [1.807, 2.05) is 0 Å². The van der Waals surface area contributed by atoms with Gasteiger partial charge in [0.1, 0.15) is 6.10 Å². The molecule has 1 aromatic rings. The van der Waals surface area contributed by atoms with Gasteiger partial charge in [0, 0.05) is 6.54 Å². The van der Waals surface area contributed by atoms with Crippen LogP contribution in [0.15, 0.2) is 18.2 Å². The zero-order valence-electron chi connectivity index (χ0n) is 8.90. The fourth-order valence-corrected chi connectivity index (χ4v) is 1.07. The Morgan fingerprint density at radius 2 is 2.13 bits per heavy atom. The highest BCUT2D eigenvalue weighted by Crippen LogP contribution is 2.20. The first-order valence-corrected chi connectivity index (χ1v) is 4.87. The maximum absolute atomic E-state index is 13.4. The van der Waals surface area contributed by atoms with Gasteiger partial charge in [-0.15, -0.1) is 0 Å². The summed E-state index contributed by atoms with van der Waals surface area (Å²) < 4.78 is 18.6. The third kappa shape index (κ3) is 3.18. The standard InChI is InChI=1S/C11H16FNO2/c1-7(14)8(2)15-11-4-3-9(6-13)5-10(11)12/h3-5,7-8,14H,6,13H2,1-2H3. The van der Waals surface area contributed by atoms with Crippen molar-refractivity contribution in [2.45, 2.75) is 32.6 Å². The van der Waals surface area contributed by atoms with Crippen LogP contribution < -0.4 is 10.5 Å². The molecule has 0 aliphatic rings. The number of ether oxygens (including phenoxy) is 1. The van der Waals surface area contributed by atoms with E-state index in [2.05, 4.69) is 0 Å². The molecule has 2 atom stereocenters. The number of hydrogen-bond acceptors (Lipinski definition) is 3. The van der Waals surface area contributed by atoms with Gasteiger partial charge in [0.15, 0.2) is 11.6 Å². The molecule has 3 N–H and O–H groups in total. The topological polar surface area (TPSA) is 55.5 Å². The van der Waals surface area contributed by atoms with E-state index in [1.54, 1.807) is 19.9 Å². The van der Waals surface area contributed by atoms with E-state index in [-0.39, 0.29) is 5.75 Å². The summed E-state index contributed by atoms with van der Waals surface area (Å²) in [5, 5.41) is 9.21. The van der Waals surface area contributed by atoms with E-state index in [9.17, 15) is 9.50 Å². The molecule has 0 radical (unpaired) electrons. The molecule has 15 heavy (non-hydrogen) atoms. The highest BCUT2D eigenvalue weighted by molar-refractivity contribution is 5.29. The minimum atomic E-state index is -0.640. The Kier molecular flexibility index (Phi) is 4.05. The van der Waals surface area contributed by atoms with Gasteiger partial charge in [-0.3, -0.25) is 0 Å². The molecule has 0 aliphatic carbocycles. The van der Waals surface area contributed by atoms with Crippen molar-refractivity contribution in [3.8, 4) is 5.75 Å². The Labute approximate surface area is 88.7 Å². The number of hydrogen-bond donors (Lipinski definition) is 2. The molecule has 0 aromatic heterocycles. The zero-order valence-corrected chi connectivity index (χ0v) is 8.90. The van der Waals surface area contributed by atoms with Crippen molar-refractivity contribution in [2.24, 2.45) is 5.73 Å². The first-order chi connectivity index (χ1) is 7.04. The largest absolute Gasteiger partial charge is 0.485 e. The summed E-state index contributed by atoms with van der Waals surface area (Å²) in [5.74, 6) is -0.314. The van der Waals surface area contributed by atoms with Crippen LogP contribution in [0, 0.1) is 5.82 Å². The molecule has 0 heterocycles. The molecule has 1 aromatic carbocycles. The number of aliphatic hydroxyl groups excluding tert-OH is 1. The van der Waals surface area contributed by atoms with Crippen LogP contribution in [0.25, 0.3) is 0 Å². The van der Waals surface area contributed by atoms with Gasteiger partial charge in [-0.05, 0) is 31.5 Å². The lowest BCUT2D eigenvalue weighted by molar-refractivity contribution is 0.0579. The van der Waals surface area contributed by atoms with Crippen molar-refractivity contribution in [1.82, 2.24) is 0 Å². The fourth-order valence-electron chi connectivity index (χ4n) is 1.07. The Bertz CT molecular complexity index is 328. The van der Waals surface area contributed by atoms with Gasteiger partial charge in [0.05, 0.1) is 6.10 Å². The van der Waals surface area contributed by atoms with Gasteiger partial charge in [-0.2, -0.15) is 0 Å². The predicted octanol–water partition coefficient (Wildman–Crippen LogP) is 1.43. The normalized spacial score (nSPS) is 14.7. The van der Waals surface area contributed by atoms with E-state index in [0.717, 1.165) is 0 Å². The fraction of sp³-hybridized carbons (Fsp3) is 0.455. The molecule has 0 saturated heterocycles. The quantitative estimate of drug-likeness (QED) is 0.795. The van der Waals surface area contributed by atoms with Crippen molar-refractivity contribution < 1.29 is 14.2 Å². The van der Waals surface area contributed by atoms with Crippen LogP contribution in [0.2, 0.25) is 0 Å². The number of nitrogens with two attached hydrogens (primary N) is 1. The molecular weight excluding hydrogens is 197 g/mol. The summed E-state index contributed by atoms with van der Waals surface area (Å²) in [5.41, 5.74) is 6.08. The smallest absolute Gasteiger partial charge is 0.165 e. The third-order valence-electron chi connectivity index (χ3n) is 2.22. The highest BCUT2D eigenvalue weighted by atomic mass is 19.1. The third-order valence-corrected chi connectivity index (χ3v) is 2.22.